The van der Waals surface area contributed by atoms with E-state index < -0.39 is 23.4 Å². The Bertz CT molecular complexity index is 957. The summed E-state index contributed by atoms with van der Waals surface area (Å²) in [7, 11) is -5.08. The molecule has 2 fully saturated rings. The fourth-order valence-electron chi connectivity index (χ4n) is 7.45. The molecule has 0 spiro atoms. The van der Waals surface area contributed by atoms with Crippen molar-refractivity contribution >= 4 is 18.2 Å². The Labute approximate surface area is 209 Å². The van der Waals surface area contributed by atoms with Gasteiger partial charge in [0, 0.05) is 12.7 Å². The molecule has 3 aliphatic carbocycles. The lowest BCUT2D eigenvalue weighted by Gasteiger charge is -2.44. The molecule has 4 aliphatic rings. The zero-order chi connectivity index (χ0) is 25.1. The summed E-state index contributed by atoms with van der Waals surface area (Å²) in [6.07, 6.45) is 10.6. The first-order valence-corrected chi connectivity index (χ1v) is 18.2. The average Bonchev–Trinajstić information content (AvgIpc) is 3.20. The molecule has 6 atom stereocenters. The molecule has 1 unspecified atom stereocenters. The third-order valence-corrected chi connectivity index (χ3v) is 16.9. The molecular formula is C28H48O4SSi. The van der Waals surface area contributed by atoms with E-state index in [9.17, 15) is 13.5 Å². The molecule has 0 amide bonds. The molecule has 0 saturated heterocycles. The first-order chi connectivity index (χ1) is 15.7. The minimum absolute atomic E-state index is 0.145. The summed E-state index contributed by atoms with van der Waals surface area (Å²) in [4.78, 5) is 0. The average molecular weight is 509 g/mol. The third-order valence-electron chi connectivity index (χ3n) is 10.4. The van der Waals surface area contributed by atoms with Gasteiger partial charge < -0.3 is 9.53 Å². The number of hydrogen-bond acceptors (Lipinski definition) is 4. The highest BCUT2D eigenvalue weighted by molar-refractivity contribution is 7.92. The van der Waals surface area contributed by atoms with Crippen LogP contribution in [0.3, 0.4) is 0 Å². The van der Waals surface area contributed by atoms with Gasteiger partial charge >= 0.3 is 0 Å². The van der Waals surface area contributed by atoms with Crippen LogP contribution in [-0.2, 0) is 14.3 Å². The maximum Gasteiger partial charge on any atom is 0.192 e. The van der Waals surface area contributed by atoms with Gasteiger partial charge in [-0.15, -0.1) is 0 Å². The van der Waals surface area contributed by atoms with E-state index in [1.807, 2.05) is 0 Å². The Morgan fingerprint density at radius 3 is 2.56 bits per heavy atom. The third kappa shape index (κ3) is 4.66. The molecule has 6 heteroatoms. The lowest BCUT2D eigenvalue weighted by Crippen LogP contribution is -2.44. The molecule has 1 aliphatic heterocycles. The largest absolute Gasteiger partial charge is 0.414 e. The van der Waals surface area contributed by atoms with Crippen molar-refractivity contribution < 1.29 is 18.0 Å². The van der Waals surface area contributed by atoms with Crippen molar-refractivity contribution in [2.24, 2.45) is 23.2 Å². The van der Waals surface area contributed by atoms with Crippen molar-refractivity contribution in [2.75, 3.05) is 12.4 Å². The molecule has 1 heterocycles. The summed E-state index contributed by atoms with van der Waals surface area (Å²) in [6.45, 7) is 16.2. The van der Waals surface area contributed by atoms with Gasteiger partial charge in [-0.3, -0.25) is 0 Å². The molecule has 2 saturated carbocycles. The van der Waals surface area contributed by atoms with Gasteiger partial charge in [-0.1, -0.05) is 51.8 Å². The minimum atomic E-state index is -3.18. The van der Waals surface area contributed by atoms with Crippen LogP contribution >= 0.6 is 0 Å². The quantitative estimate of drug-likeness (QED) is 0.343. The molecule has 0 radical (unpaired) electrons. The van der Waals surface area contributed by atoms with Gasteiger partial charge in [0.2, 0.25) is 0 Å². The fraction of sp³-hybridized carbons (Fsp3) is 0.857. The van der Waals surface area contributed by atoms with Crippen LogP contribution in [0, 0.1) is 23.2 Å². The second-order valence-electron chi connectivity index (χ2n) is 13.6. The minimum Gasteiger partial charge on any atom is -0.414 e. The smallest absolute Gasteiger partial charge is 0.192 e. The van der Waals surface area contributed by atoms with Crippen molar-refractivity contribution in [3.8, 4) is 0 Å². The summed E-state index contributed by atoms with van der Waals surface area (Å²) < 4.78 is 33.5. The molecule has 4 rings (SSSR count). The monoisotopic (exact) mass is 508 g/mol. The van der Waals surface area contributed by atoms with E-state index >= 15 is 0 Å². The van der Waals surface area contributed by atoms with Crippen LogP contribution in [-0.4, -0.2) is 45.6 Å². The summed E-state index contributed by atoms with van der Waals surface area (Å²) >= 11 is 0. The zero-order valence-corrected chi connectivity index (χ0v) is 24.4. The number of aliphatic hydroxyl groups is 1. The zero-order valence-electron chi connectivity index (χ0n) is 22.6. The van der Waals surface area contributed by atoms with Crippen molar-refractivity contribution in [1.82, 2.24) is 0 Å². The molecule has 194 valence electrons. The number of allylic oxidation sites excluding steroid dienone is 1. The van der Waals surface area contributed by atoms with Gasteiger partial charge in [-0.25, -0.2) is 8.42 Å². The van der Waals surface area contributed by atoms with Crippen LogP contribution in [0.15, 0.2) is 22.8 Å². The molecule has 34 heavy (non-hydrogen) atoms. The molecular weight excluding hydrogens is 460 g/mol. The topological polar surface area (TPSA) is 63.6 Å². The van der Waals surface area contributed by atoms with Crippen molar-refractivity contribution in [3.63, 3.8) is 0 Å². The van der Waals surface area contributed by atoms with Crippen LogP contribution < -0.4 is 0 Å². The molecule has 0 aromatic carbocycles. The summed E-state index contributed by atoms with van der Waals surface area (Å²) in [5.41, 5.74) is 3.91. The number of aliphatic hydroxyl groups excluding tert-OH is 1. The highest BCUT2D eigenvalue weighted by Gasteiger charge is 2.51. The molecule has 0 bridgehead atoms. The Balaban J connectivity index is 1.59. The van der Waals surface area contributed by atoms with Crippen LogP contribution in [0.4, 0.5) is 0 Å². The van der Waals surface area contributed by atoms with Crippen molar-refractivity contribution in [1.29, 1.82) is 0 Å². The predicted molar refractivity (Wildman–Crippen MR) is 143 cm³/mol. The van der Waals surface area contributed by atoms with Gasteiger partial charge in [0.25, 0.3) is 0 Å². The Morgan fingerprint density at radius 2 is 1.91 bits per heavy atom. The maximum absolute atomic E-state index is 13.4. The maximum atomic E-state index is 13.4. The number of rotatable bonds is 5. The lowest BCUT2D eigenvalue weighted by atomic mass is 9.61. The van der Waals surface area contributed by atoms with Crippen LogP contribution in [0.2, 0.25) is 18.1 Å². The molecule has 0 aromatic rings. The van der Waals surface area contributed by atoms with Gasteiger partial charge in [-0.05, 0) is 98.2 Å². The highest BCUT2D eigenvalue weighted by Crippen LogP contribution is 2.59. The van der Waals surface area contributed by atoms with E-state index in [-0.39, 0.29) is 28.9 Å². The van der Waals surface area contributed by atoms with Gasteiger partial charge in [0.15, 0.2) is 18.2 Å². The standard InChI is InChI=1S/C28H48O4SSi/c1-19(17-29)24-12-13-25-20(9-8-14-28(24,25)5)15-26-23-16-22(32-34(6,7)27(2,3)4)11-10-21(23)18-33(26,30)31/h15,19,22,24-26,29H,8-14,16-18H2,1-7H3/b20-15+/t19-,22+,24-,25+,26?,28-/m1/s1. The van der Waals surface area contributed by atoms with E-state index in [1.165, 1.54) is 17.6 Å². The van der Waals surface area contributed by atoms with Crippen molar-refractivity contribution in [3.05, 3.63) is 22.8 Å². The van der Waals surface area contributed by atoms with Gasteiger partial charge in [0.05, 0.1) is 5.75 Å². The Kier molecular flexibility index (Phi) is 7.16. The van der Waals surface area contributed by atoms with Crippen LogP contribution in [0.5, 0.6) is 0 Å². The summed E-state index contributed by atoms with van der Waals surface area (Å²) in [5, 5.41) is 9.55. The Morgan fingerprint density at radius 1 is 1.21 bits per heavy atom. The summed E-state index contributed by atoms with van der Waals surface area (Å²) in [6, 6.07) is 0. The first-order valence-electron chi connectivity index (χ1n) is 13.6. The normalized spacial score (nSPS) is 38.2. The lowest BCUT2D eigenvalue weighted by molar-refractivity contribution is 0.0688. The van der Waals surface area contributed by atoms with Crippen LogP contribution in [0.25, 0.3) is 0 Å². The second kappa shape index (κ2) is 9.15. The number of sulfone groups is 1. The van der Waals surface area contributed by atoms with E-state index in [0.717, 1.165) is 50.5 Å². The molecule has 0 aromatic heterocycles. The molecule has 4 nitrogen and oxygen atoms in total. The molecule has 1 N–H and O–H groups in total. The van der Waals surface area contributed by atoms with Crippen molar-refractivity contribution in [2.45, 2.75) is 115 Å². The second-order valence-corrected chi connectivity index (χ2v) is 20.5. The van der Waals surface area contributed by atoms with E-state index in [1.54, 1.807) is 0 Å². The highest BCUT2D eigenvalue weighted by atomic mass is 32.2. The van der Waals surface area contributed by atoms with Gasteiger partial charge in [-0.2, -0.15) is 0 Å². The first kappa shape index (κ1) is 26.6. The van der Waals surface area contributed by atoms with E-state index in [0.29, 0.717) is 17.8 Å². The van der Waals surface area contributed by atoms with Gasteiger partial charge in [0.1, 0.15) is 5.25 Å². The van der Waals surface area contributed by atoms with Crippen LogP contribution in [0.1, 0.15) is 86.0 Å². The fourth-order valence-corrected chi connectivity index (χ4v) is 10.9. The number of fused-ring (bicyclic) bond motifs is 1. The van der Waals surface area contributed by atoms with E-state index in [2.05, 4.69) is 53.8 Å². The number of hydrogen-bond donors (Lipinski definition) is 1. The summed E-state index contributed by atoms with van der Waals surface area (Å²) in [5.74, 6) is 1.54. The predicted octanol–water partition coefficient (Wildman–Crippen LogP) is 6.43. The SMILES string of the molecule is C[C@H](CO)[C@H]1CC[C@H]2/C(=C/C3C4=C(CC[C@H](O[Si](C)(C)C(C)(C)C)C4)CS3(=O)=O)CCC[C@]12C. The Hall–Kier alpha value is -0.433. The van der Waals surface area contributed by atoms with E-state index in [4.69, 9.17) is 4.43 Å².